The average molecular weight is 270 g/mol. The molecular formula is C17H22OSi. The van der Waals surface area contributed by atoms with Crippen molar-refractivity contribution < 1.29 is 4.74 Å². The molecule has 0 saturated carbocycles. The summed E-state index contributed by atoms with van der Waals surface area (Å²) in [6.07, 6.45) is 0. The maximum Gasteiger partial charge on any atom is 0.117 e. The van der Waals surface area contributed by atoms with Crippen molar-refractivity contribution in [3.63, 3.8) is 0 Å². The molecule has 0 aliphatic rings. The molecule has 2 heteroatoms. The Hall–Kier alpha value is -1.38. The van der Waals surface area contributed by atoms with Crippen molar-refractivity contribution >= 4 is 18.4 Å². The van der Waals surface area contributed by atoms with Gasteiger partial charge >= 0.3 is 0 Å². The van der Waals surface area contributed by atoms with Crippen LogP contribution in [0.3, 0.4) is 0 Å². The molecule has 2 aromatic rings. The zero-order valence-corrected chi connectivity index (χ0v) is 12.8. The monoisotopic (exact) mass is 270 g/mol. The Kier molecular flexibility index (Phi) is 4.94. The third-order valence-corrected chi connectivity index (χ3v) is 8.19. The van der Waals surface area contributed by atoms with E-state index in [2.05, 4.69) is 74.1 Å². The summed E-state index contributed by atoms with van der Waals surface area (Å²) in [5, 5.41) is 2.97. The second-order valence-corrected chi connectivity index (χ2v) is 9.33. The van der Waals surface area contributed by atoms with E-state index >= 15 is 0 Å². The molecule has 19 heavy (non-hydrogen) atoms. The lowest BCUT2D eigenvalue weighted by Gasteiger charge is -2.28. The smallest absolute Gasteiger partial charge is 0.117 e. The predicted molar refractivity (Wildman–Crippen MR) is 85.1 cm³/mol. The number of benzene rings is 2. The number of ether oxygens (including phenoxy) is 1. The molecule has 0 spiro atoms. The van der Waals surface area contributed by atoms with E-state index < -0.39 is 8.07 Å². The van der Waals surface area contributed by atoms with Gasteiger partial charge in [0.25, 0.3) is 0 Å². The van der Waals surface area contributed by atoms with Crippen LogP contribution in [0.4, 0.5) is 0 Å². The molecule has 0 aromatic heterocycles. The summed E-state index contributed by atoms with van der Waals surface area (Å²) in [5.74, 6) is 0. The van der Waals surface area contributed by atoms with Crippen molar-refractivity contribution in [3.8, 4) is 0 Å². The normalized spacial score (nSPS) is 11.5. The van der Waals surface area contributed by atoms with Crippen LogP contribution in [0.25, 0.3) is 0 Å². The lowest BCUT2D eigenvalue weighted by Crippen LogP contribution is -2.56. The molecule has 0 amide bonds. The van der Waals surface area contributed by atoms with Gasteiger partial charge in [-0.05, 0) is 13.0 Å². The van der Waals surface area contributed by atoms with Crippen molar-refractivity contribution in [2.24, 2.45) is 0 Å². The molecular weight excluding hydrogens is 248 g/mol. The van der Waals surface area contributed by atoms with E-state index in [0.29, 0.717) is 0 Å². The van der Waals surface area contributed by atoms with Gasteiger partial charge in [0, 0.05) is 13.2 Å². The van der Waals surface area contributed by atoms with Crippen LogP contribution in [0.15, 0.2) is 60.7 Å². The minimum absolute atomic E-state index is 0.800. The fourth-order valence-electron chi connectivity index (χ4n) is 2.49. The predicted octanol–water partition coefficient (Wildman–Crippen LogP) is 2.92. The van der Waals surface area contributed by atoms with Gasteiger partial charge in [-0.2, -0.15) is 0 Å². The molecule has 0 aliphatic carbocycles. The highest BCUT2D eigenvalue weighted by Gasteiger charge is 2.31. The van der Waals surface area contributed by atoms with Crippen molar-refractivity contribution in [3.05, 3.63) is 60.7 Å². The first kappa shape index (κ1) is 14.0. The molecule has 0 atom stereocenters. The summed E-state index contributed by atoms with van der Waals surface area (Å²) in [5.41, 5.74) is 0. The highest BCUT2D eigenvalue weighted by molar-refractivity contribution is 7.01. The Morgan fingerprint density at radius 3 is 1.74 bits per heavy atom. The summed E-state index contributed by atoms with van der Waals surface area (Å²) in [7, 11) is -1.66. The second kappa shape index (κ2) is 6.69. The van der Waals surface area contributed by atoms with E-state index in [1.165, 1.54) is 10.4 Å². The van der Waals surface area contributed by atoms with E-state index in [1.54, 1.807) is 0 Å². The van der Waals surface area contributed by atoms with Crippen molar-refractivity contribution in [2.75, 3.05) is 13.2 Å². The maximum absolute atomic E-state index is 5.61. The Bertz CT molecular complexity index is 442. The van der Waals surface area contributed by atoms with Crippen LogP contribution in [-0.4, -0.2) is 21.3 Å². The summed E-state index contributed by atoms with van der Waals surface area (Å²) < 4.78 is 5.61. The second-order valence-electron chi connectivity index (χ2n) is 5.01. The van der Waals surface area contributed by atoms with Gasteiger partial charge in [-0.25, -0.2) is 0 Å². The molecule has 2 rings (SSSR count). The molecule has 0 unspecified atom stereocenters. The van der Waals surface area contributed by atoms with Crippen LogP contribution in [0.1, 0.15) is 6.92 Å². The van der Waals surface area contributed by atoms with Crippen LogP contribution in [0.2, 0.25) is 12.6 Å². The van der Waals surface area contributed by atoms with E-state index in [0.717, 1.165) is 19.3 Å². The number of hydrogen-bond acceptors (Lipinski definition) is 1. The molecule has 0 bridgehead atoms. The first-order valence-electron chi connectivity index (χ1n) is 6.96. The van der Waals surface area contributed by atoms with Gasteiger partial charge in [-0.1, -0.05) is 77.6 Å². The van der Waals surface area contributed by atoms with Crippen LogP contribution in [0.5, 0.6) is 0 Å². The Morgan fingerprint density at radius 2 is 1.32 bits per heavy atom. The van der Waals surface area contributed by atoms with Crippen molar-refractivity contribution in [1.29, 1.82) is 0 Å². The van der Waals surface area contributed by atoms with Crippen molar-refractivity contribution in [2.45, 2.75) is 19.5 Å². The molecule has 0 saturated heterocycles. The molecule has 0 N–H and O–H groups in total. The standard InChI is InChI=1S/C17H22OSi/c1-3-18-14-15-19(2,16-10-6-4-7-11-16)17-12-8-5-9-13-17/h4-13H,3,14-15H2,1-2H3. The maximum atomic E-state index is 5.61. The zero-order valence-electron chi connectivity index (χ0n) is 11.8. The first-order chi connectivity index (χ1) is 9.27. The lowest BCUT2D eigenvalue weighted by molar-refractivity contribution is 0.161. The van der Waals surface area contributed by atoms with Gasteiger partial charge in [0.2, 0.25) is 0 Å². The van der Waals surface area contributed by atoms with E-state index in [9.17, 15) is 0 Å². The van der Waals surface area contributed by atoms with Crippen LogP contribution >= 0.6 is 0 Å². The van der Waals surface area contributed by atoms with Crippen LogP contribution < -0.4 is 10.4 Å². The summed E-state index contributed by atoms with van der Waals surface area (Å²) >= 11 is 0. The molecule has 1 nitrogen and oxygen atoms in total. The zero-order chi connectivity index (χ0) is 13.6. The van der Waals surface area contributed by atoms with Crippen molar-refractivity contribution in [1.82, 2.24) is 0 Å². The number of hydrogen-bond donors (Lipinski definition) is 0. The van der Waals surface area contributed by atoms with Crippen LogP contribution in [0, 0.1) is 0 Å². The fraction of sp³-hybridized carbons (Fsp3) is 0.294. The molecule has 100 valence electrons. The Balaban J connectivity index is 2.33. The third kappa shape index (κ3) is 3.34. The largest absolute Gasteiger partial charge is 0.382 e. The van der Waals surface area contributed by atoms with Gasteiger partial charge < -0.3 is 4.74 Å². The van der Waals surface area contributed by atoms with Gasteiger partial charge in [0.1, 0.15) is 8.07 Å². The molecule has 0 radical (unpaired) electrons. The number of rotatable bonds is 6. The topological polar surface area (TPSA) is 9.23 Å². The summed E-state index contributed by atoms with van der Waals surface area (Å²) in [4.78, 5) is 0. The summed E-state index contributed by atoms with van der Waals surface area (Å²) in [6.45, 7) is 6.15. The SMILES string of the molecule is CCOCC[Si](C)(c1ccccc1)c1ccccc1. The molecule has 2 aromatic carbocycles. The van der Waals surface area contributed by atoms with E-state index in [4.69, 9.17) is 4.74 Å². The quantitative estimate of drug-likeness (QED) is 0.579. The fourth-order valence-corrected chi connectivity index (χ4v) is 5.81. The highest BCUT2D eigenvalue weighted by Crippen LogP contribution is 2.11. The molecule has 0 heterocycles. The average Bonchev–Trinajstić information content (AvgIpc) is 2.49. The molecule has 0 aliphatic heterocycles. The summed E-state index contributed by atoms with van der Waals surface area (Å²) in [6, 6.07) is 23.0. The Morgan fingerprint density at radius 1 is 0.842 bits per heavy atom. The van der Waals surface area contributed by atoms with Crippen LogP contribution in [-0.2, 0) is 4.74 Å². The van der Waals surface area contributed by atoms with Gasteiger partial charge in [0.05, 0.1) is 0 Å². The minimum atomic E-state index is -1.66. The Labute approximate surface area is 117 Å². The third-order valence-electron chi connectivity index (χ3n) is 3.77. The van der Waals surface area contributed by atoms with E-state index in [1.807, 2.05) is 0 Å². The molecule has 0 fully saturated rings. The minimum Gasteiger partial charge on any atom is -0.382 e. The van der Waals surface area contributed by atoms with E-state index in [-0.39, 0.29) is 0 Å². The first-order valence-corrected chi connectivity index (χ1v) is 9.67. The van der Waals surface area contributed by atoms with Gasteiger partial charge in [-0.3, -0.25) is 0 Å². The van der Waals surface area contributed by atoms with Gasteiger partial charge in [-0.15, -0.1) is 0 Å². The highest BCUT2D eigenvalue weighted by atomic mass is 28.3. The van der Waals surface area contributed by atoms with Gasteiger partial charge in [0.15, 0.2) is 0 Å². The lowest BCUT2D eigenvalue weighted by atomic mass is 10.4.